The summed E-state index contributed by atoms with van der Waals surface area (Å²) < 4.78 is 13.1. The molecule has 0 aliphatic heterocycles. The molecule has 0 heterocycles. The van der Waals surface area contributed by atoms with Crippen LogP contribution in [0.15, 0.2) is 18.2 Å². The quantitative estimate of drug-likeness (QED) is 0.881. The Balaban J connectivity index is 1.84. The molecule has 94 valence electrons. The summed E-state index contributed by atoms with van der Waals surface area (Å²) in [6, 6.07) is 6.00. The molecule has 0 saturated heterocycles. The molecule has 1 fully saturated rings. The fourth-order valence-electron chi connectivity index (χ4n) is 2.42. The van der Waals surface area contributed by atoms with Gasteiger partial charge in [-0.2, -0.15) is 11.8 Å². The minimum Gasteiger partial charge on any atom is -0.310 e. The fraction of sp³-hybridized carbons (Fsp3) is 0.571. The molecule has 2 unspecified atom stereocenters. The van der Waals surface area contributed by atoms with Gasteiger partial charge < -0.3 is 5.32 Å². The highest BCUT2D eigenvalue weighted by Gasteiger charge is 2.23. The minimum absolute atomic E-state index is 0.114. The maximum Gasteiger partial charge on any atom is 0.126 e. The summed E-state index contributed by atoms with van der Waals surface area (Å²) >= 11 is 1.97. The summed E-state index contributed by atoms with van der Waals surface area (Å²) in [4.78, 5) is 0. The van der Waals surface area contributed by atoms with Crippen molar-refractivity contribution in [1.29, 1.82) is 0 Å². The molecular formula is C14H20FNS. The van der Waals surface area contributed by atoms with Gasteiger partial charge in [-0.25, -0.2) is 4.39 Å². The first-order valence-corrected chi connectivity index (χ1v) is 7.49. The highest BCUT2D eigenvalue weighted by molar-refractivity contribution is 7.99. The lowest BCUT2D eigenvalue weighted by Gasteiger charge is -2.13. The van der Waals surface area contributed by atoms with E-state index in [1.54, 1.807) is 6.07 Å². The molecule has 1 N–H and O–H groups in total. The van der Waals surface area contributed by atoms with E-state index < -0.39 is 0 Å². The normalized spacial score (nSPS) is 24.2. The highest BCUT2D eigenvalue weighted by Crippen LogP contribution is 2.28. The molecule has 2 atom stereocenters. The first-order valence-electron chi connectivity index (χ1n) is 6.20. The minimum atomic E-state index is -0.114. The van der Waals surface area contributed by atoms with Crippen LogP contribution in [-0.2, 0) is 6.54 Å². The monoisotopic (exact) mass is 253 g/mol. The van der Waals surface area contributed by atoms with E-state index in [1.807, 2.05) is 30.8 Å². The summed E-state index contributed by atoms with van der Waals surface area (Å²) in [5.74, 6) is -0.114. The summed E-state index contributed by atoms with van der Waals surface area (Å²) in [6.07, 6.45) is 6.05. The summed E-state index contributed by atoms with van der Waals surface area (Å²) in [6.45, 7) is 2.67. The number of rotatable bonds is 4. The standard InChI is InChI=1S/C14H20FNS/c1-10-7-11(3-6-14(10)15)9-16-12-4-5-13(8-12)17-2/h3,6-7,12-13,16H,4-5,8-9H2,1-2H3. The number of hydrogen-bond acceptors (Lipinski definition) is 2. The van der Waals surface area contributed by atoms with Crippen LogP contribution in [-0.4, -0.2) is 17.5 Å². The Hall–Kier alpha value is -0.540. The molecule has 3 heteroatoms. The van der Waals surface area contributed by atoms with Gasteiger partial charge in [0.05, 0.1) is 0 Å². The predicted molar refractivity (Wildman–Crippen MR) is 72.9 cm³/mol. The topological polar surface area (TPSA) is 12.0 Å². The molecule has 1 saturated carbocycles. The zero-order chi connectivity index (χ0) is 12.3. The van der Waals surface area contributed by atoms with E-state index in [1.165, 1.54) is 24.8 Å². The van der Waals surface area contributed by atoms with Crippen LogP contribution in [0.1, 0.15) is 30.4 Å². The van der Waals surface area contributed by atoms with Crippen LogP contribution in [0, 0.1) is 12.7 Å². The van der Waals surface area contributed by atoms with Gasteiger partial charge in [-0.1, -0.05) is 12.1 Å². The van der Waals surface area contributed by atoms with E-state index in [4.69, 9.17) is 0 Å². The Morgan fingerprint density at radius 2 is 2.24 bits per heavy atom. The molecule has 1 aliphatic carbocycles. The SMILES string of the molecule is CSC1CCC(NCc2ccc(F)c(C)c2)C1. The Morgan fingerprint density at radius 1 is 1.41 bits per heavy atom. The zero-order valence-corrected chi connectivity index (χ0v) is 11.3. The Kier molecular flexibility index (Phi) is 4.46. The number of aryl methyl sites for hydroxylation is 1. The van der Waals surface area contributed by atoms with Crippen LogP contribution < -0.4 is 5.32 Å². The second kappa shape index (κ2) is 5.87. The molecule has 1 aliphatic rings. The molecule has 0 bridgehead atoms. The molecule has 1 aromatic carbocycles. The lowest BCUT2D eigenvalue weighted by Crippen LogP contribution is -2.26. The molecule has 2 rings (SSSR count). The van der Waals surface area contributed by atoms with Crippen LogP contribution in [0.2, 0.25) is 0 Å². The highest BCUT2D eigenvalue weighted by atomic mass is 32.2. The summed E-state index contributed by atoms with van der Waals surface area (Å²) in [7, 11) is 0. The van der Waals surface area contributed by atoms with Crippen molar-refractivity contribution in [3.63, 3.8) is 0 Å². The van der Waals surface area contributed by atoms with Crippen LogP contribution in [0.5, 0.6) is 0 Å². The van der Waals surface area contributed by atoms with Crippen molar-refractivity contribution in [3.8, 4) is 0 Å². The third-order valence-electron chi connectivity index (χ3n) is 3.54. The Bertz CT molecular complexity index is 380. The fourth-order valence-corrected chi connectivity index (χ4v) is 3.22. The molecule has 17 heavy (non-hydrogen) atoms. The average Bonchev–Trinajstić information content (AvgIpc) is 2.79. The van der Waals surface area contributed by atoms with Gasteiger partial charge in [-0.15, -0.1) is 0 Å². The van der Waals surface area contributed by atoms with Crippen molar-refractivity contribution in [2.45, 2.75) is 44.0 Å². The largest absolute Gasteiger partial charge is 0.310 e. The first kappa shape index (κ1) is 12.9. The van der Waals surface area contributed by atoms with Crippen molar-refractivity contribution in [2.75, 3.05) is 6.26 Å². The maximum absolute atomic E-state index is 13.1. The summed E-state index contributed by atoms with van der Waals surface area (Å²) in [5, 5.41) is 4.39. The van der Waals surface area contributed by atoms with E-state index in [0.717, 1.165) is 17.4 Å². The van der Waals surface area contributed by atoms with Crippen molar-refractivity contribution in [2.24, 2.45) is 0 Å². The van der Waals surface area contributed by atoms with Gasteiger partial charge in [0.25, 0.3) is 0 Å². The van der Waals surface area contributed by atoms with Gasteiger partial charge in [-0.3, -0.25) is 0 Å². The summed E-state index contributed by atoms with van der Waals surface area (Å²) in [5.41, 5.74) is 1.91. The van der Waals surface area contributed by atoms with Gasteiger partial charge >= 0.3 is 0 Å². The molecule has 1 nitrogen and oxygen atoms in total. The maximum atomic E-state index is 13.1. The Morgan fingerprint density at radius 3 is 2.88 bits per heavy atom. The van der Waals surface area contributed by atoms with E-state index in [0.29, 0.717) is 6.04 Å². The molecule has 1 aromatic rings. The van der Waals surface area contributed by atoms with Crippen LogP contribution in [0.3, 0.4) is 0 Å². The number of nitrogens with one attached hydrogen (secondary N) is 1. The zero-order valence-electron chi connectivity index (χ0n) is 10.5. The van der Waals surface area contributed by atoms with Crippen molar-refractivity contribution in [1.82, 2.24) is 5.32 Å². The van der Waals surface area contributed by atoms with E-state index >= 15 is 0 Å². The van der Waals surface area contributed by atoms with Gasteiger partial charge in [-0.05, 0) is 49.6 Å². The third kappa shape index (κ3) is 3.46. The van der Waals surface area contributed by atoms with Crippen molar-refractivity contribution < 1.29 is 4.39 Å². The number of benzene rings is 1. The number of thioether (sulfide) groups is 1. The van der Waals surface area contributed by atoms with Crippen LogP contribution >= 0.6 is 11.8 Å². The van der Waals surface area contributed by atoms with Crippen LogP contribution in [0.4, 0.5) is 4.39 Å². The average molecular weight is 253 g/mol. The lowest BCUT2D eigenvalue weighted by molar-refractivity contribution is 0.524. The number of halogens is 1. The van der Waals surface area contributed by atoms with E-state index in [-0.39, 0.29) is 5.82 Å². The van der Waals surface area contributed by atoms with Gasteiger partial charge in [0, 0.05) is 17.8 Å². The predicted octanol–water partition coefficient (Wildman–Crippen LogP) is 3.51. The van der Waals surface area contributed by atoms with Gasteiger partial charge in [0.1, 0.15) is 5.82 Å². The van der Waals surface area contributed by atoms with Gasteiger partial charge in [0.2, 0.25) is 0 Å². The van der Waals surface area contributed by atoms with Gasteiger partial charge in [0.15, 0.2) is 0 Å². The molecule has 0 radical (unpaired) electrons. The molecule has 0 aromatic heterocycles. The second-order valence-electron chi connectivity index (χ2n) is 4.83. The lowest BCUT2D eigenvalue weighted by atomic mass is 10.1. The second-order valence-corrected chi connectivity index (χ2v) is 5.97. The third-order valence-corrected chi connectivity index (χ3v) is 4.63. The Labute approximate surface area is 107 Å². The molecular weight excluding hydrogens is 233 g/mol. The van der Waals surface area contributed by atoms with E-state index in [2.05, 4.69) is 11.6 Å². The van der Waals surface area contributed by atoms with Crippen LogP contribution in [0.25, 0.3) is 0 Å². The van der Waals surface area contributed by atoms with Crippen molar-refractivity contribution in [3.05, 3.63) is 35.1 Å². The van der Waals surface area contributed by atoms with E-state index in [9.17, 15) is 4.39 Å². The first-order chi connectivity index (χ1) is 8.19. The number of hydrogen-bond donors (Lipinski definition) is 1. The molecule has 0 spiro atoms. The van der Waals surface area contributed by atoms with Crippen molar-refractivity contribution >= 4 is 11.8 Å². The molecule has 0 amide bonds. The smallest absolute Gasteiger partial charge is 0.126 e.